The standard InChI is InChI=1S/C6H4N2O2S2/c7-3-5-1-2-6(4-8-5)12(9,10)11/h1-2,4H,(H,9,10,11). The molecule has 1 aromatic rings. The molecule has 62 valence electrons. The van der Waals surface area contributed by atoms with Crippen molar-refractivity contribution in [3.8, 4) is 6.07 Å². The zero-order valence-electron chi connectivity index (χ0n) is 5.80. The summed E-state index contributed by atoms with van der Waals surface area (Å²) in [4.78, 5) is 3.65. The van der Waals surface area contributed by atoms with E-state index in [4.69, 9.17) is 9.81 Å². The summed E-state index contributed by atoms with van der Waals surface area (Å²) in [5, 5.41) is 8.36. The summed E-state index contributed by atoms with van der Waals surface area (Å²) in [6.45, 7) is 0. The number of rotatable bonds is 1. The van der Waals surface area contributed by atoms with Gasteiger partial charge < -0.3 is 4.55 Å². The normalized spacial score (nSPS) is 14.7. The van der Waals surface area contributed by atoms with E-state index in [2.05, 4.69) is 16.2 Å². The first-order chi connectivity index (χ1) is 5.54. The molecular formula is C6H4N2O2S2. The second-order valence-electron chi connectivity index (χ2n) is 1.97. The van der Waals surface area contributed by atoms with Crippen LogP contribution in [-0.4, -0.2) is 13.7 Å². The van der Waals surface area contributed by atoms with Gasteiger partial charge in [-0.2, -0.15) is 5.26 Å². The lowest BCUT2D eigenvalue weighted by atomic mass is 10.4. The van der Waals surface area contributed by atoms with Gasteiger partial charge in [-0.25, -0.2) is 9.19 Å². The van der Waals surface area contributed by atoms with Gasteiger partial charge >= 0.3 is 0 Å². The lowest BCUT2D eigenvalue weighted by Gasteiger charge is -1.96. The van der Waals surface area contributed by atoms with E-state index < -0.39 is 8.77 Å². The van der Waals surface area contributed by atoms with E-state index in [-0.39, 0.29) is 10.6 Å². The number of pyridine rings is 1. The van der Waals surface area contributed by atoms with Crippen molar-refractivity contribution in [3.63, 3.8) is 0 Å². The van der Waals surface area contributed by atoms with Gasteiger partial charge in [-0.15, -0.1) is 0 Å². The predicted octanol–water partition coefficient (Wildman–Crippen LogP) is 0.531. The van der Waals surface area contributed by atoms with Crippen LogP contribution in [0.1, 0.15) is 5.69 Å². The molecule has 1 heterocycles. The van der Waals surface area contributed by atoms with Crippen LogP contribution in [0.15, 0.2) is 23.2 Å². The van der Waals surface area contributed by atoms with Gasteiger partial charge in [0, 0.05) is 17.4 Å². The first-order valence-corrected chi connectivity index (χ1v) is 5.31. The van der Waals surface area contributed by atoms with Crippen molar-refractivity contribution in [2.24, 2.45) is 0 Å². The van der Waals surface area contributed by atoms with Crippen LogP contribution in [0, 0.1) is 11.3 Å². The second-order valence-corrected chi connectivity index (χ2v) is 4.74. The van der Waals surface area contributed by atoms with Gasteiger partial charge in [0.1, 0.15) is 11.8 Å². The lowest BCUT2D eigenvalue weighted by molar-refractivity contribution is 0.561. The number of hydrogen-bond acceptors (Lipinski definition) is 4. The van der Waals surface area contributed by atoms with E-state index >= 15 is 0 Å². The highest BCUT2D eigenvalue weighted by Gasteiger charge is 2.04. The third kappa shape index (κ3) is 1.98. The summed E-state index contributed by atoms with van der Waals surface area (Å²) in [6.07, 6.45) is 1.13. The summed E-state index contributed by atoms with van der Waals surface area (Å²) in [5.41, 5.74) is 0.192. The second kappa shape index (κ2) is 3.15. The topological polar surface area (TPSA) is 74.0 Å². The van der Waals surface area contributed by atoms with Gasteiger partial charge in [0.2, 0.25) is 0 Å². The summed E-state index contributed by atoms with van der Waals surface area (Å²) in [6, 6.07) is 4.45. The van der Waals surface area contributed by atoms with Crippen molar-refractivity contribution in [3.05, 3.63) is 24.0 Å². The van der Waals surface area contributed by atoms with E-state index in [0.29, 0.717) is 0 Å². The minimum Gasteiger partial charge on any atom is -0.302 e. The Hall–Kier alpha value is -1.03. The average molecular weight is 200 g/mol. The van der Waals surface area contributed by atoms with E-state index in [1.54, 1.807) is 6.07 Å². The molecule has 4 nitrogen and oxygen atoms in total. The monoisotopic (exact) mass is 200 g/mol. The molecule has 0 aromatic carbocycles. The molecule has 0 saturated heterocycles. The molecular weight excluding hydrogens is 196 g/mol. The molecule has 0 aliphatic carbocycles. The fraction of sp³-hybridized carbons (Fsp3) is 0. The molecule has 0 aliphatic heterocycles. The van der Waals surface area contributed by atoms with E-state index in [1.807, 2.05) is 0 Å². The molecule has 1 rings (SSSR count). The van der Waals surface area contributed by atoms with Gasteiger partial charge in [0.25, 0.3) is 0 Å². The van der Waals surface area contributed by atoms with Gasteiger partial charge in [-0.3, -0.25) is 0 Å². The summed E-state index contributed by atoms with van der Waals surface area (Å²) >= 11 is 4.29. The zero-order chi connectivity index (χ0) is 9.19. The first kappa shape index (κ1) is 9.06. The number of nitriles is 1. The maximum Gasteiger partial charge on any atom is 0.172 e. The molecule has 6 heteroatoms. The molecule has 1 N–H and O–H groups in total. The predicted molar refractivity (Wildman–Crippen MR) is 45.4 cm³/mol. The minimum atomic E-state index is -3.37. The highest BCUT2D eigenvalue weighted by Crippen LogP contribution is 2.06. The van der Waals surface area contributed by atoms with Gasteiger partial charge in [-0.05, 0) is 12.1 Å². The average Bonchev–Trinajstić information content (AvgIpc) is 2.03. The van der Waals surface area contributed by atoms with Crippen LogP contribution in [0.2, 0.25) is 0 Å². The van der Waals surface area contributed by atoms with Crippen molar-refractivity contribution in [1.82, 2.24) is 4.98 Å². The number of nitrogens with zero attached hydrogens (tertiary/aromatic N) is 2. The Balaban J connectivity index is 3.20. The van der Waals surface area contributed by atoms with Crippen LogP contribution < -0.4 is 0 Å². The summed E-state index contributed by atoms with van der Waals surface area (Å²) in [7, 11) is -3.37. The third-order valence-corrected chi connectivity index (χ3v) is 2.56. The molecule has 0 aliphatic rings. The summed E-state index contributed by atoms with van der Waals surface area (Å²) < 4.78 is 19.7. The van der Waals surface area contributed by atoms with Crippen LogP contribution in [0.25, 0.3) is 0 Å². The summed E-state index contributed by atoms with van der Waals surface area (Å²) in [5.74, 6) is 0. The Kier molecular flexibility index (Phi) is 2.38. The van der Waals surface area contributed by atoms with Gasteiger partial charge in [-0.1, -0.05) is 0 Å². The van der Waals surface area contributed by atoms with E-state index in [1.165, 1.54) is 12.1 Å². The Morgan fingerprint density at radius 2 is 2.33 bits per heavy atom. The number of hydrogen-bond donors (Lipinski definition) is 1. The van der Waals surface area contributed by atoms with Crippen LogP contribution in [-0.2, 0) is 20.0 Å². The van der Waals surface area contributed by atoms with Crippen molar-refractivity contribution >= 4 is 20.0 Å². The number of aromatic nitrogens is 1. The van der Waals surface area contributed by atoms with E-state index in [0.717, 1.165) is 6.20 Å². The smallest absolute Gasteiger partial charge is 0.172 e. The van der Waals surface area contributed by atoms with Crippen molar-refractivity contribution in [2.45, 2.75) is 4.90 Å². The quantitative estimate of drug-likeness (QED) is 0.715. The molecule has 0 fully saturated rings. The maximum atomic E-state index is 10.8. The molecule has 0 amide bonds. The molecule has 12 heavy (non-hydrogen) atoms. The SMILES string of the molecule is N#Cc1ccc(S(=O)(O)=S)cn1. The van der Waals surface area contributed by atoms with Crippen LogP contribution in [0.5, 0.6) is 0 Å². The zero-order valence-corrected chi connectivity index (χ0v) is 7.43. The van der Waals surface area contributed by atoms with Crippen molar-refractivity contribution in [2.75, 3.05) is 0 Å². The molecule has 1 unspecified atom stereocenters. The molecule has 0 saturated carbocycles. The molecule has 0 spiro atoms. The highest BCUT2D eigenvalue weighted by atomic mass is 32.8. The largest absolute Gasteiger partial charge is 0.302 e. The maximum absolute atomic E-state index is 10.8. The lowest BCUT2D eigenvalue weighted by Crippen LogP contribution is -1.97. The molecule has 0 radical (unpaired) electrons. The Morgan fingerprint density at radius 3 is 2.67 bits per heavy atom. The van der Waals surface area contributed by atoms with Crippen LogP contribution >= 0.6 is 0 Å². The molecule has 1 aromatic heterocycles. The highest BCUT2D eigenvalue weighted by molar-refractivity contribution is 8.29. The first-order valence-electron chi connectivity index (χ1n) is 2.87. The fourth-order valence-electron chi connectivity index (χ4n) is 0.599. The Bertz CT molecular complexity index is 416. The Labute approximate surface area is 74.4 Å². The van der Waals surface area contributed by atoms with Gasteiger partial charge in [0.15, 0.2) is 8.77 Å². The fourth-order valence-corrected chi connectivity index (χ4v) is 1.32. The van der Waals surface area contributed by atoms with Crippen LogP contribution in [0.4, 0.5) is 0 Å². The third-order valence-electron chi connectivity index (χ3n) is 1.15. The Morgan fingerprint density at radius 1 is 1.67 bits per heavy atom. The van der Waals surface area contributed by atoms with Crippen LogP contribution in [0.3, 0.4) is 0 Å². The minimum absolute atomic E-state index is 0.0523. The molecule has 0 bridgehead atoms. The van der Waals surface area contributed by atoms with Gasteiger partial charge in [0.05, 0.1) is 4.90 Å². The van der Waals surface area contributed by atoms with Crippen molar-refractivity contribution < 1.29 is 8.76 Å². The van der Waals surface area contributed by atoms with E-state index in [9.17, 15) is 4.21 Å². The van der Waals surface area contributed by atoms with Crippen molar-refractivity contribution in [1.29, 1.82) is 5.26 Å². The molecule has 1 atom stereocenters.